The molecule has 1 aliphatic rings. The lowest BCUT2D eigenvalue weighted by Gasteiger charge is -2.31. The molecule has 1 N–H and O–H groups in total. The maximum atomic E-state index is 12.6. The average Bonchev–Trinajstić information content (AvgIpc) is 3.08. The summed E-state index contributed by atoms with van der Waals surface area (Å²) in [5.74, 6) is -0.255. The van der Waals surface area contributed by atoms with Crippen LogP contribution in [-0.2, 0) is 11.8 Å². The lowest BCUT2D eigenvalue weighted by molar-refractivity contribution is 0.0362. The van der Waals surface area contributed by atoms with Crippen molar-refractivity contribution in [2.75, 3.05) is 25.6 Å². The molecule has 0 radical (unpaired) electrons. The van der Waals surface area contributed by atoms with Gasteiger partial charge >= 0.3 is 0 Å². The Kier molecular flexibility index (Phi) is 5.14. The van der Waals surface area contributed by atoms with Gasteiger partial charge in [0, 0.05) is 44.6 Å². The van der Waals surface area contributed by atoms with E-state index in [-0.39, 0.29) is 17.9 Å². The highest BCUT2D eigenvalue weighted by atomic mass is 16.5. The monoisotopic (exact) mass is 342 g/mol. The summed E-state index contributed by atoms with van der Waals surface area (Å²) in [6.45, 7) is 1.39. The van der Waals surface area contributed by atoms with Gasteiger partial charge in [0.25, 0.3) is 11.8 Å². The molecule has 2 aromatic rings. The first-order valence-electron chi connectivity index (χ1n) is 8.29. The molecule has 1 aromatic carbocycles. The average molecular weight is 342 g/mol. The van der Waals surface area contributed by atoms with Crippen LogP contribution in [-0.4, -0.2) is 52.6 Å². The quantitative estimate of drug-likeness (QED) is 0.921. The van der Waals surface area contributed by atoms with Crippen LogP contribution in [0.3, 0.4) is 0 Å². The van der Waals surface area contributed by atoms with E-state index in [1.807, 2.05) is 7.05 Å². The van der Waals surface area contributed by atoms with Crippen LogP contribution >= 0.6 is 0 Å². The number of amides is 2. The van der Waals surface area contributed by atoms with Gasteiger partial charge in [0.15, 0.2) is 0 Å². The molecule has 0 atom stereocenters. The number of carbonyl (C=O) groups excluding carboxylic acids is 2. The van der Waals surface area contributed by atoms with Crippen molar-refractivity contribution >= 4 is 17.5 Å². The zero-order valence-electron chi connectivity index (χ0n) is 14.4. The van der Waals surface area contributed by atoms with Gasteiger partial charge in [0.05, 0.1) is 12.5 Å². The first kappa shape index (κ1) is 17.2. The van der Waals surface area contributed by atoms with Crippen LogP contribution in [0.4, 0.5) is 5.69 Å². The summed E-state index contributed by atoms with van der Waals surface area (Å²) in [5, 5.41) is 2.80. The molecule has 7 heteroatoms. The van der Waals surface area contributed by atoms with E-state index in [0.29, 0.717) is 30.2 Å². The summed E-state index contributed by atoms with van der Waals surface area (Å²) in [7, 11) is 3.59. The van der Waals surface area contributed by atoms with Gasteiger partial charge in [-0.05, 0) is 37.1 Å². The predicted molar refractivity (Wildman–Crippen MR) is 93.5 cm³/mol. The second kappa shape index (κ2) is 7.48. The second-order valence-electron chi connectivity index (χ2n) is 6.18. The zero-order valence-corrected chi connectivity index (χ0v) is 14.4. The third-order valence-corrected chi connectivity index (χ3v) is 4.50. The molecular formula is C18H22N4O3. The highest BCUT2D eigenvalue weighted by Gasteiger charge is 2.23. The van der Waals surface area contributed by atoms with Gasteiger partial charge < -0.3 is 19.5 Å². The smallest absolute Gasteiger partial charge is 0.273 e. The normalized spacial score (nSPS) is 15.0. The Morgan fingerprint density at radius 1 is 1.24 bits per heavy atom. The zero-order chi connectivity index (χ0) is 17.8. The summed E-state index contributed by atoms with van der Waals surface area (Å²) in [4.78, 5) is 30.5. The number of benzene rings is 1. The van der Waals surface area contributed by atoms with Gasteiger partial charge in [-0.1, -0.05) is 0 Å². The van der Waals surface area contributed by atoms with Crippen LogP contribution in [0.15, 0.2) is 36.8 Å². The number of rotatable bonds is 4. The van der Waals surface area contributed by atoms with Crippen molar-refractivity contribution < 1.29 is 14.3 Å². The molecule has 1 saturated heterocycles. The number of anilines is 1. The van der Waals surface area contributed by atoms with Crippen LogP contribution in [0.5, 0.6) is 0 Å². The maximum absolute atomic E-state index is 12.6. The molecular weight excluding hydrogens is 320 g/mol. The van der Waals surface area contributed by atoms with Crippen LogP contribution in [0.25, 0.3) is 0 Å². The Balaban J connectivity index is 1.64. The van der Waals surface area contributed by atoms with Crippen molar-refractivity contribution in [1.29, 1.82) is 0 Å². The van der Waals surface area contributed by atoms with E-state index in [0.717, 1.165) is 12.8 Å². The summed E-state index contributed by atoms with van der Waals surface area (Å²) in [6, 6.07) is 7.15. The number of ether oxygens (including phenoxy) is 1. The lowest BCUT2D eigenvalue weighted by Crippen LogP contribution is -2.40. The van der Waals surface area contributed by atoms with Crippen molar-refractivity contribution in [1.82, 2.24) is 14.5 Å². The predicted octanol–water partition coefficient (Wildman–Crippen LogP) is 1.92. The fourth-order valence-electron chi connectivity index (χ4n) is 2.91. The number of aromatic nitrogens is 2. The third-order valence-electron chi connectivity index (χ3n) is 4.50. The molecule has 7 nitrogen and oxygen atoms in total. The molecule has 1 fully saturated rings. The minimum atomic E-state index is -0.238. The highest BCUT2D eigenvalue weighted by molar-refractivity contribution is 6.03. The van der Waals surface area contributed by atoms with Gasteiger partial charge in [-0.25, -0.2) is 4.98 Å². The van der Waals surface area contributed by atoms with E-state index in [9.17, 15) is 9.59 Å². The van der Waals surface area contributed by atoms with Crippen molar-refractivity contribution in [3.8, 4) is 0 Å². The Morgan fingerprint density at radius 2 is 1.92 bits per heavy atom. The van der Waals surface area contributed by atoms with E-state index >= 15 is 0 Å². The van der Waals surface area contributed by atoms with E-state index in [1.54, 1.807) is 47.1 Å². The molecule has 1 aliphatic heterocycles. The van der Waals surface area contributed by atoms with Crippen LogP contribution in [0.2, 0.25) is 0 Å². The molecule has 2 amide bonds. The van der Waals surface area contributed by atoms with Gasteiger partial charge in [0.1, 0.15) is 5.69 Å². The molecule has 0 saturated carbocycles. The summed E-state index contributed by atoms with van der Waals surface area (Å²) in [6.07, 6.45) is 4.81. The van der Waals surface area contributed by atoms with E-state index in [4.69, 9.17) is 4.74 Å². The Bertz CT molecular complexity index is 748. The number of carbonyl (C=O) groups is 2. The summed E-state index contributed by atoms with van der Waals surface area (Å²) in [5.41, 5.74) is 1.71. The number of imidazole rings is 1. The topological polar surface area (TPSA) is 76.5 Å². The largest absolute Gasteiger partial charge is 0.381 e. The van der Waals surface area contributed by atoms with Crippen LogP contribution < -0.4 is 5.32 Å². The number of nitrogens with one attached hydrogen (secondary N) is 1. The lowest BCUT2D eigenvalue weighted by atomic mass is 10.1. The van der Waals surface area contributed by atoms with Gasteiger partial charge in [-0.3, -0.25) is 9.59 Å². The fraction of sp³-hybridized carbons (Fsp3) is 0.389. The molecule has 25 heavy (non-hydrogen) atoms. The molecule has 3 rings (SSSR count). The number of hydrogen-bond donors (Lipinski definition) is 1. The number of aryl methyl sites for hydroxylation is 1. The van der Waals surface area contributed by atoms with Crippen molar-refractivity contribution in [2.45, 2.75) is 18.9 Å². The molecule has 1 aromatic heterocycles. The first-order valence-corrected chi connectivity index (χ1v) is 8.29. The third kappa shape index (κ3) is 3.88. The van der Waals surface area contributed by atoms with Crippen molar-refractivity contribution in [2.24, 2.45) is 7.05 Å². The van der Waals surface area contributed by atoms with Crippen LogP contribution in [0.1, 0.15) is 33.7 Å². The SMILES string of the molecule is CN(C(=O)c1ccc(NC(=O)c2cncn2C)cc1)C1CCOCC1. The van der Waals surface area contributed by atoms with Crippen molar-refractivity contribution in [3.05, 3.63) is 48.0 Å². The fourth-order valence-corrected chi connectivity index (χ4v) is 2.91. The molecule has 0 bridgehead atoms. The van der Waals surface area contributed by atoms with E-state index in [1.165, 1.54) is 6.20 Å². The molecule has 0 unspecified atom stereocenters. The molecule has 2 heterocycles. The molecule has 0 aliphatic carbocycles. The van der Waals surface area contributed by atoms with Crippen molar-refractivity contribution in [3.63, 3.8) is 0 Å². The highest BCUT2D eigenvalue weighted by Crippen LogP contribution is 2.17. The Morgan fingerprint density at radius 3 is 2.52 bits per heavy atom. The minimum Gasteiger partial charge on any atom is -0.381 e. The number of hydrogen-bond acceptors (Lipinski definition) is 4. The van der Waals surface area contributed by atoms with E-state index < -0.39 is 0 Å². The standard InChI is InChI=1S/C18H22N4O3/c1-21-12-19-11-16(21)17(23)20-14-5-3-13(4-6-14)18(24)22(2)15-7-9-25-10-8-15/h3-6,11-12,15H,7-10H2,1-2H3,(H,20,23). The van der Waals surface area contributed by atoms with Crippen LogP contribution in [0, 0.1) is 0 Å². The summed E-state index contributed by atoms with van der Waals surface area (Å²) < 4.78 is 6.99. The second-order valence-corrected chi connectivity index (χ2v) is 6.18. The number of nitrogens with zero attached hydrogens (tertiary/aromatic N) is 3. The summed E-state index contributed by atoms with van der Waals surface area (Å²) >= 11 is 0. The molecule has 0 spiro atoms. The van der Waals surface area contributed by atoms with Gasteiger partial charge in [-0.2, -0.15) is 0 Å². The van der Waals surface area contributed by atoms with E-state index in [2.05, 4.69) is 10.3 Å². The Hall–Kier alpha value is -2.67. The molecule has 132 valence electrons. The maximum Gasteiger partial charge on any atom is 0.273 e. The van der Waals surface area contributed by atoms with Gasteiger partial charge in [-0.15, -0.1) is 0 Å². The minimum absolute atomic E-state index is 0.0172. The Labute approximate surface area is 146 Å². The van der Waals surface area contributed by atoms with Gasteiger partial charge in [0.2, 0.25) is 0 Å². The first-order chi connectivity index (χ1) is 12.1.